The van der Waals surface area contributed by atoms with Crippen molar-refractivity contribution in [3.05, 3.63) is 41.0 Å². The molecule has 3 nitrogen and oxygen atoms in total. The maximum Gasteiger partial charge on any atom is 0.417 e. The van der Waals surface area contributed by atoms with E-state index in [1.165, 1.54) is 12.1 Å². The van der Waals surface area contributed by atoms with E-state index in [9.17, 15) is 18.0 Å². The molecule has 0 unspecified atom stereocenters. The van der Waals surface area contributed by atoms with Gasteiger partial charge in [0.1, 0.15) is 0 Å². The van der Waals surface area contributed by atoms with Crippen molar-refractivity contribution >= 4 is 12.0 Å². The van der Waals surface area contributed by atoms with Crippen molar-refractivity contribution in [1.29, 1.82) is 5.26 Å². The van der Waals surface area contributed by atoms with Gasteiger partial charge in [0.15, 0.2) is 0 Å². The fourth-order valence-corrected chi connectivity index (χ4v) is 1.18. The van der Waals surface area contributed by atoms with Gasteiger partial charge in [0.2, 0.25) is 5.91 Å². The standard InChI is InChI=1S/C11H7F3N2O/c12-11(13,14)9-5-7(2-4-10(16)17)1-3-8(9)6-15/h1-5H,(H2,16,17). The highest BCUT2D eigenvalue weighted by molar-refractivity contribution is 5.90. The largest absolute Gasteiger partial charge is 0.417 e. The smallest absolute Gasteiger partial charge is 0.366 e. The van der Waals surface area contributed by atoms with E-state index >= 15 is 0 Å². The number of amides is 1. The lowest BCUT2D eigenvalue weighted by Crippen LogP contribution is -2.08. The number of nitrogens with zero attached hydrogens (tertiary/aromatic N) is 1. The molecule has 1 aromatic rings. The molecule has 0 radical (unpaired) electrons. The summed E-state index contributed by atoms with van der Waals surface area (Å²) in [4.78, 5) is 10.4. The topological polar surface area (TPSA) is 66.9 Å². The van der Waals surface area contributed by atoms with Gasteiger partial charge in [-0.1, -0.05) is 6.07 Å². The Hall–Kier alpha value is -2.29. The van der Waals surface area contributed by atoms with Crippen LogP contribution >= 0.6 is 0 Å². The zero-order valence-corrected chi connectivity index (χ0v) is 8.45. The van der Waals surface area contributed by atoms with Gasteiger partial charge in [-0.15, -0.1) is 0 Å². The molecule has 0 atom stereocenters. The number of rotatable bonds is 2. The van der Waals surface area contributed by atoms with Crippen molar-refractivity contribution in [2.24, 2.45) is 5.73 Å². The quantitative estimate of drug-likeness (QED) is 0.804. The van der Waals surface area contributed by atoms with Crippen LogP contribution in [0.2, 0.25) is 0 Å². The van der Waals surface area contributed by atoms with Crippen LogP contribution in [0.5, 0.6) is 0 Å². The molecule has 0 aromatic heterocycles. The Balaban J connectivity index is 3.24. The average Bonchev–Trinajstić information content (AvgIpc) is 2.24. The number of hydrogen-bond donors (Lipinski definition) is 1. The summed E-state index contributed by atoms with van der Waals surface area (Å²) in [5.41, 5.74) is 3.47. The van der Waals surface area contributed by atoms with Crippen LogP contribution in [0.4, 0.5) is 13.2 Å². The molecule has 0 saturated carbocycles. The van der Waals surface area contributed by atoms with Crippen LogP contribution in [-0.2, 0) is 11.0 Å². The van der Waals surface area contributed by atoms with Crippen LogP contribution in [0.1, 0.15) is 16.7 Å². The summed E-state index contributed by atoms with van der Waals surface area (Å²) in [6.07, 6.45) is -2.51. The summed E-state index contributed by atoms with van der Waals surface area (Å²) in [6.45, 7) is 0. The molecule has 1 aromatic carbocycles. The van der Waals surface area contributed by atoms with Crippen LogP contribution in [0.15, 0.2) is 24.3 Å². The number of primary amides is 1. The summed E-state index contributed by atoms with van der Waals surface area (Å²) >= 11 is 0. The number of nitrogens with two attached hydrogens (primary N) is 1. The highest BCUT2D eigenvalue weighted by Crippen LogP contribution is 2.32. The second-order valence-electron chi connectivity index (χ2n) is 3.15. The number of halogens is 3. The van der Waals surface area contributed by atoms with Gasteiger partial charge >= 0.3 is 6.18 Å². The monoisotopic (exact) mass is 240 g/mol. The SMILES string of the molecule is N#Cc1ccc(C=CC(N)=O)cc1C(F)(F)F. The normalized spacial score (nSPS) is 11.4. The molecule has 1 amide bonds. The molecule has 0 bridgehead atoms. The Kier molecular flexibility index (Phi) is 3.53. The molecular formula is C11H7F3N2O. The molecule has 0 aliphatic heterocycles. The van der Waals surface area contributed by atoms with Gasteiger partial charge in [-0.3, -0.25) is 4.79 Å². The molecule has 1 rings (SSSR count). The van der Waals surface area contributed by atoms with E-state index in [4.69, 9.17) is 11.0 Å². The Morgan fingerprint density at radius 2 is 2.06 bits per heavy atom. The lowest BCUT2D eigenvalue weighted by atomic mass is 10.0. The van der Waals surface area contributed by atoms with Crippen molar-refractivity contribution in [3.8, 4) is 6.07 Å². The van der Waals surface area contributed by atoms with Gasteiger partial charge < -0.3 is 5.73 Å². The first-order valence-electron chi connectivity index (χ1n) is 4.43. The predicted octanol–water partition coefficient (Wildman–Crippen LogP) is 2.08. The summed E-state index contributed by atoms with van der Waals surface area (Å²) in [5.74, 6) is -0.761. The fraction of sp³-hybridized carbons (Fsp3) is 0.0909. The maximum atomic E-state index is 12.5. The molecule has 2 N–H and O–H groups in total. The van der Waals surface area contributed by atoms with E-state index in [0.717, 1.165) is 24.3 Å². The molecule has 88 valence electrons. The Morgan fingerprint density at radius 3 is 2.53 bits per heavy atom. The molecule has 0 fully saturated rings. The molecular weight excluding hydrogens is 233 g/mol. The highest BCUT2D eigenvalue weighted by Gasteiger charge is 2.33. The number of alkyl halides is 3. The summed E-state index contributed by atoms with van der Waals surface area (Å²) in [7, 11) is 0. The lowest BCUT2D eigenvalue weighted by Gasteiger charge is -2.09. The van der Waals surface area contributed by atoms with Gasteiger partial charge in [-0.25, -0.2) is 0 Å². The first-order valence-corrected chi connectivity index (χ1v) is 4.43. The molecule has 6 heteroatoms. The second-order valence-corrected chi connectivity index (χ2v) is 3.15. The molecule has 17 heavy (non-hydrogen) atoms. The predicted molar refractivity (Wildman–Crippen MR) is 54.4 cm³/mol. The van der Waals surface area contributed by atoms with Crippen molar-refractivity contribution in [1.82, 2.24) is 0 Å². The Bertz CT molecular complexity index is 512. The first kappa shape index (κ1) is 12.8. The third-order valence-electron chi connectivity index (χ3n) is 1.91. The van der Waals surface area contributed by atoms with Crippen LogP contribution < -0.4 is 5.73 Å². The number of nitriles is 1. The summed E-state index contributed by atoms with van der Waals surface area (Å²) in [5, 5.41) is 8.55. The molecule has 0 saturated heterocycles. The van der Waals surface area contributed by atoms with E-state index in [1.54, 1.807) is 0 Å². The zero-order chi connectivity index (χ0) is 13.1. The van der Waals surface area contributed by atoms with Crippen LogP contribution in [-0.4, -0.2) is 5.91 Å². The van der Waals surface area contributed by atoms with Crippen LogP contribution in [0.3, 0.4) is 0 Å². The van der Waals surface area contributed by atoms with Gasteiger partial charge in [-0.2, -0.15) is 18.4 Å². The minimum Gasteiger partial charge on any atom is -0.366 e. The second kappa shape index (κ2) is 4.70. The maximum absolute atomic E-state index is 12.5. The van der Waals surface area contributed by atoms with Crippen LogP contribution in [0, 0.1) is 11.3 Å². The van der Waals surface area contributed by atoms with Gasteiger partial charge in [-0.05, 0) is 23.8 Å². The molecule has 0 aliphatic carbocycles. The average molecular weight is 240 g/mol. The highest BCUT2D eigenvalue weighted by atomic mass is 19.4. The summed E-state index contributed by atoms with van der Waals surface area (Å²) < 4.78 is 37.6. The molecule has 0 spiro atoms. The minimum absolute atomic E-state index is 0.148. The van der Waals surface area contributed by atoms with E-state index in [1.807, 2.05) is 0 Å². The van der Waals surface area contributed by atoms with Crippen molar-refractivity contribution in [3.63, 3.8) is 0 Å². The third-order valence-corrected chi connectivity index (χ3v) is 1.91. The Labute approximate surface area is 95.0 Å². The van der Waals surface area contributed by atoms with E-state index in [2.05, 4.69) is 0 Å². The van der Waals surface area contributed by atoms with Crippen molar-refractivity contribution < 1.29 is 18.0 Å². The van der Waals surface area contributed by atoms with E-state index in [-0.39, 0.29) is 5.56 Å². The minimum atomic E-state index is -4.61. The van der Waals surface area contributed by atoms with Gasteiger partial charge in [0.25, 0.3) is 0 Å². The number of carbonyl (C=O) groups excluding carboxylic acids is 1. The van der Waals surface area contributed by atoms with Gasteiger partial charge in [0.05, 0.1) is 17.2 Å². The zero-order valence-electron chi connectivity index (χ0n) is 8.45. The van der Waals surface area contributed by atoms with Crippen LogP contribution in [0.25, 0.3) is 6.08 Å². The summed E-state index contributed by atoms with van der Waals surface area (Å²) in [6, 6.07) is 4.59. The van der Waals surface area contributed by atoms with Crippen molar-refractivity contribution in [2.45, 2.75) is 6.18 Å². The van der Waals surface area contributed by atoms with E-state index < -0.39 is 23.2 Å². The Morgan fingerprint density at radius 1 is 1.41 bits per heavy atom. The first-order chi connectivity index (χ1) is 7.84. The number of hydrogen-bond acceptors (Lipinski definition) is 2. The van der Waals surface area contributed by atoms with E-state index in [0.29, 0.717) is 0 Å². The molecule has 0 aliphatic rings. The van der Waals surface area contributed by atoms with Crippen molar-refractivity contribution in [2.75, 3.05) is 0 Å². The third kappa shape index (κ3) is 3.34. The lowest BCUT2D eigenvalue weighted by molar-refractivity contribution is -0.137. The number of carbonyl (C=O) groups is 1. The number of benzene rings is 1. The van der Waals surface area contributed by atoms with Gasteiger partial charge in [0, 0.05) is 6.08 Å². The molecule has 0 heterocycles. The fourth-order valence-electron chi connectivity index (χ4n) is 1.18.